The highest BCUT2D eigenvalue weighted by Gasteiger charge is 2.21. The molecule has 0 spiro atoms. The molecule has 1 aromatic heterocycles. The average molecular weight is 333 g/mol. The Hall–Kier alpha value is -2.62. The summed E-state index contributed by atoms with van der Waals surface area (Å²) in [5.74, 6) is 1.27. The molecule has 0 bridgehead atoms. The molecule has 4 rings (SSSR count). The molecule has 1 heterocycles. The third-order valence-electron chi connectivity index (χ3n) is 5.17. The van der Waals surface area contributed by atoms with Crippen molar-refractivity contribution in [2.75, 3.05) is 5.32 Å². The van der Waals surface area contributed by atoms with E-state index in [2.05, 4.69) is 16.0 Å². The standard InChI is InChI=1S/C21H23N3O/c1-24-19-10-6-5-9-18(19)23-20(24)15-11-13-17(14-12-15)22-21(25)16-7-3-2-4-8-16/h5-6,9-14,16H,2-4,7-8H2,1H3,(H,22,25). The molecule has 1 fully saturated rings. The van der Waals surface area contributed by atoms with Gasteiger partial charge in [0.15, 0.2) is 0 Å². The van der Waals surface area contributed by atoms with Gasteiger partial charge >= 0.3 is 0 Å². The highest BCUT2D eigenvalue weighted by Crippen LogP contribution is 2.27. The average Bonchev–Trinajstić information content (AvgIpc) is 3.00. The Kier molecular flexibility index (Phi) is 4.26. The summed E-state index contributed by atoms with van der Waals surface area (Å²) in [5, 5.41) is 3.07. The molecule has 1 saturated carbocycles. The lowest BCUT2D eigenvalue weighted by Crippen LogP contribution is -2.24. The maximum atomic E-state index is 12.4. The minimum absolute atomic E-state index is 0.162. The van der Waals surface area contributed by atoms with Gasteiger partial charge in [-0.15, -0.1) is 0 Å². The minimum Gasteiger partial charge on any atom is -0.327 e. The van der Waals surface area contributed by atoms with Crippen molar-refractivity contribution in [2.24, 2.45) is 13.0 Å². The lowest BCUT2D eigenvalue weighted by atomic mass is 9.88. The number of nitrogens with one attached hydrogen (secondary N) is 1. The molecule has 0 radical (unpaired) electrons. The fourth-order valence-electron chi connectivity index (χ4n) is 3.72. The number of fused-ring (bicyclic) bond motifs is 1. The molecular formula is C21H23N3O. The Morgan fingerprint density at radius 3 is 2.48 bits per heavy atom. The molecule has 1 N–H and O–H groups in total. The number of hydrogen-bond acceptors (Lipinski definition) is 2. The van der Waals surface area contributed by atoms with Crippen molar-refractivity contribution in [2.45, 2.75) is 32.1 Å². The molecule has 128 valence electrons. The van der Waals surface area contributed by atoms with Crippen LogP contribution in [0.4, 0.5) is 5.69 Å². The smallest absolute Gasteiger partial charge is 0.227 e. The number of carbonyl (C=O) groups excluding carboxylic acids is 1. The molecule has 2 aromatic carbocycles. The number of aryl methyl sites for hydroxylation is 1. The summed E-state index contributed by atoms with van der Waals surface area (Å²) in [5.41, 5.74) is 4.02. The van der Waals surface area contributed by atoms with E-state index in [1.807, 2.05) is 49.5 Å². The number of carbonyl (C=O) groups is 1. The van der Waals surface area contributed by atoms with Gasteiger partial charge in [0.05, 0.1) is 11.0 Å². The number of rotatable bonds is 3. The number of nitrogens with zero attached hydrogens (tertiary/aromatic N) is 2. The second kappa shape index (κ2) is 6.71. The van der Waals surface area contributed by atoms with Gasteiger partial charge in [0.1, 0.15) is 5.82 Å². The molecule has 0 saturated heterocycles. The molecule has 0 aliphatic heterocycles. The molecule has 0 atom stereocenters. The van der Waals surface area contributed by atoms with Gasteiger partial charge < -0.3 is 9.88 Å². The first kappa shape index (κ1) is 15.9. The molecule has 25 heavy (non-hydrogen) atoms. The number of amides is 1. The Balaban J connectivity index is 1.53. The van der Waals surface area contributed by atoms with Crippen LogP contribution in [0.5, 0.6) is 0 Å². The third kappa shape index (κ3) is 3.16. The second-order valence-electron chi connectivity index (χ2n) is 6.88. The fraction of sp³-hybridized carbons (Fsp3) is 0.333. The lowest BCUT2D eigenvalue weighted by Gasteiger charge is -2.20. The Labute approximate surface area is 147 Å². The van der Waals surface area contributed by atoms with Crippen molar-refractivity contribution in [3.05, 3.63) is 48.5 Å². The largest absolute Gasteiger partial charge is 0.327 e. The molecule has 1 aliphatic rings. The van der Waals surface area contributed by atoms with Crippen LogP contribution in [0.2, 0.25) is 0 Å². The van der Waals surface area contributed by atoms with Crippen molar-refractivity contribution in [1.82, 2.24) is 9.55 Å². The maximum Gasteiger partial charge on any atom is 0.227 e. The van der Waals surface area contributed by atoms with Crippen LogP contribution >= 0.6 is 0 Å². The second-order valence-corrected chi connectivity index (χ2v) is 6.88. The van der Waals surface area contributed by atoms with Crippen LogP contribution in [0.15, 0.2) is 48.5 Å². The number of benzene rings is 2. The Morgan fingerprint density at radius 1 is 1.04 bits per heavy atom. The van der Waals surface area contributed by atoms with Gasteiger partial charge in [-0.1, -0.05) is 31.4 Å². The number of anilines is 1. The van der Waals surface area contributed by atoms with Crippen LogP contribution < -0.4 is 5.32 Å². The van der Waals surface area contributed by atoms with E-state index in [0.717, 1.165) is 41.0 Å². The van der Waals surface area contributed by atoms with E-state index in [0.29, 0.717) is 0 Å². The van der Waals surface area contributed by atoms with Crippen molar-refractivity contribution in [3.8, 4) is 11.4 Å². The van der Waals surface area contributed by atoms with Gasteiger partial charge in [-0.3, -0.25) is 4.79 Å². The maximum absolute atomic E-state index is 12.4. The molecule has 4 nitrogen and oxygen atoms in total. The monoisotopic (exact) mass is 333 g/mol. The zero-order chi connectivity index (χ0) is 17.2. The Bertz CT molecular complexity index is 889. The molecule has 3 aromatic rings. The van der Waals surface area contributed by atoms with Crippen molar-refractivity contribution in [1.29, 1.82) is 0 Å². The summed E-state index contributed by atoms with van der Waals surface area (Å²) in [6.07, 6.45) is 5.64. The molecule has 1 amide bonds. The van der Waals surface area contributed by atoms with Crippen LogP contribution in [-0.4, -0.2) is 15.5 Å². The quantitative estimate of drug-likeness (QED) is 0.751. The summed E-state index contributed by atoms with van der Waals surface area (Å²) >= 11 is 0. The first-order valence-corrected chi connectivity index (χ1v) is 9.05. The number of para-hydroxylation sites is 2. The van der Waals surface area contributed by atoms with Gasteiger partial charge in [-0.05, 0) is 49.2 Å². The van der Waals surface area contributed by atoms with E-state index >= 15 is 0 Å². The van der Waals surface area contributed by atoms with E-state index in [1.165, 1.54) is 19.3 Å². The Morgan fingerprint density at radius 2 is 1.76 bits per heavy atom. The molecule has 1 aliphatic carbocycles. The van der Waals surface area contributed by atoms with Crippen molar-refractivity contribution >= 4 is 22.6 Å². The predicted molar refractivity (Wildman–Crippen MR) is 101 cm³/mol. The zero-order valence-electron chi connectivity index (χ0n) is 14.5. The summed E-state index contributed by atoms with van der Waals surface area (Å²) in [4.78, 5) is 17.1. The number of imidazole rings is 1. The highest BCUT2D eigenvalue weighted by molar-refractivity contribution is 5.92. The van der Waals surface area contributed by atoms with Crippen LogP contribution in [-0.2, 0) is 11.8 Å². The predicted octanol–water partition coefficient (Wildman–Crippen LogP) is 4.76. The van der Waals surface area contributed by atoms with E-state index < -0.39 is 0 Å². The van der Waals surface area contributed by atoms with Gasteiger partial charge in [-0.2, -0.15) is 0 Å². The number of aromatic nitrogens is 2. The number of hydrogen-bond donors (Lipinski definition) is 1. The lowest BCUT2D eigenvalue weighted by molar-refractivity contribution is -0.120. The van der Waals surface area contributed by atoms with Crippen molar-refractivity contribution in [3.63, 3.8) is 0 Å². The van der Waals surface area contributed by atoms with E-state index in [4.69, 9.17) is 4.98 Å². The molecule has 4 heteroatoms. The fourth-order valence-corrected chi connectivity index (χ4v) is 3.72. The van der Waals surface area contributed by atoms with E-state index in [-0.39, 0.29) is 11.8 Å². The topological polar surface area (TPSA) is 46.9 Å². The third-order valence-corrected chi connectivity index (χ3v) is 5.17. The summed E-state index contributed by atoms with van der Waals surface area (Å²) in [6, 6.07) is 16.1. The van der Waals surface area contributed by atoms with Crippen LogP contribution in [0.1, 0.15) is 32.1 Å². The van der Waals surface area contributed by atoms with Crippen LogP contribution in [0, 0.1) is 5.92 Å². The van der Waals surface area contributed by atoms with Gasteiger partial charge in [-0.25, -0.2) is 4.98 Å². The van der Waals surface area contributed by atoms with E-state index in [9.17, 15) is 4.79 Å². The SMILES string of the molecule is Cn1c(-c2ccc(NC(=O)C3CCCCC3)cc2)nc2ccccc21. The zero-order valence-corrected chi connectivity index (χ0v) is 14.5. The van der Waals surface area contributed by atoms with Gasteiger partial charge in [0.25, 0.3) is 0 Å². The first-order chi connectivity index (χ1) is 12.2. The normalized spacial score (nSPS) is 15.4. The highest BCUT2D eigenvalue weighted by atomic mass is 16.1. The van der Waals surface area contributed by atoms with Gasteiger partial charge in [0, 0.05) is 24.2 Å². The first-order valence-electron chi connectivity index (χ1n) is 9.05. The molecular weight excluding hydrogens is 310 g/mol. The van der Waals surface area contributed by atoms with E-state index in [1.54, 1.807) is 0 Å². The van der Waals surface area contributed by atoms with Crippen LogP contribution in [0.3, 0.4) is 0 Å². The van der Waals surface area contributed by atoms with Crippen molar-refractivity contribution < 1.29 is 4.79 Å². The minimum atomic E-state index is 0.162. The summed E-state index contributed by atoms with van der Waals surface area (Å²) in [6.45, 7) is 0. The van der Waals surface area contributed by atoms with Crippen LogP contribution in [0.25, 0.3) is 22.4 Å². The van der Waals surface area contributed by atoms with Gasteiger partial charge in [0.2, 0.25) is 5.91 Å². The molecule has 0 unspecified atom stereocenters. The summed E-state index contributed by atoms with van der Waals surface area (Å²) < 4.78 is 2.10. The summed E-state index contributed by atoms with van der Waals surface area (Å²) in [7, 11) is 2.03.